The third-order valence-electron chi connectivity index (χ3n) is 3.76. The van der Waals surface area contributed by atoms with Crippen molar-refractivity contribution >= 4 is 32.8 Å². The minimum absolute atomic E-state index is 0.541. The van der Waals surface area contributed by atoms with Gasteiger partial charge in [-0.25, -0.2) is 0 Å². The van der Waals surface area contributed by atoms with Crippen molar-refractivity contribution in [3.05, 3.63) is 54.6 Å². The largest absolute Gasteiger partial charge is 0.349 e. The first-order valence-corrected chi connectivity index (χ1v) is 6.69. The molecule has 0 amide bonds. The lowest BCUT2D eigenvalue weighted by Gasteiger charge is -2.02. The van der Waals surface area contributed by atoms with Crippen LogP contribution in [-0.2, 0) is 11.5 Å². The van der Waals surface area contributed by atoms with Gasteiger partial charge in [-0.1, -0.05) is 24.3 Å². The predicted molar refractivity (Wildman–Crippen MR) is 80.5 cm³/mol. The summed E-state index contributed by atoms with van der Waals surface area (Å²) in [4.78, 5) is 3.49. The zero-order chi connectivity index (χ0) is 13.5. The Balaban J connectivity index is 2.26. The van der Waals surface area contributed by atoms with Gasteiger partial charge in [0, 0.05) is 18.6 Å². The van der Waals surface area contributed by atoms with Gasteiger partial charge < -0.3 is 9.72 Å². The van der Waals surface area contributed by atoms with Crippen LogP contribution in [0.4, 0.5) is 0 Å². The van der Waals surface area contributed by atoms with E-state index >= 15 is 0 Å². The summed E-state index contributed by atoms with van der Waals surface area (Å²) in [5.74, 6) is 0. The minimum Gasteiger partial charge on any atom is -0.349 e. The molecular weight excluding hydrogens is 248 g/mol. The van der Waals surface area contributed by atoms with Gasteiger partial charge in [0.15, 0.2) is 0 Å². The van der Waals surface area contributed by atoms with Crippen LogP contribution in [-0.4, -0.2) is 12.1 Å². The molecule has 0 spiro atoms. The van der Waals surface area contributed by atoms with Crippen molar-refractivity contribution < 1.29 is 9.30 Å². The van der Waals surface area contributed by atoms with Crippen molar-refractivity contribution in [3.63, 3.8) is 0 Å². The minimum atomic E-state index is 0.541. The molecule has 0 unspecified atom stereocenters. The van der Waals surface area contributed by atoms with Crippen LogP contribution < -0.4 is 4.57 Å². The molecule has 1 N–H and O–H groups in total. The van der Waals surface area contributed by atoms with Gasteiger partial charge in [0.1, 0.15) is 5.52 Å². The number of hydrogen-bond donors (Lipinski definition) is 1. The van der Waals surface area contributed by atoms with Gasteiger partial charge in [0.2, 0.25) is 11.0 Å². The van der Waals surface area contributed by atoms with Crippen molar-refractivity contribution in [3.8, 4) is 0 Å². The highest BCUT2D eigenvalue weighted by Crippen LogP contribution is 2.25. The van der Waals surface area contributed by atoms with Crippen LogP contribution in [0.1, 0.15) is 0 Å². The summed E-state index contributed by atoms with van der Waals surface area (Å²) in [5, 5.41) is 2.44. The average Bonchev–Trinajstić information content (AvgIpc) is 2.85. The number of pyridine rings is 1. The number of benzene rings is 2. The Hall–Kier alpha value is -2.39. The molecule has 2 aromatic carbocycles. The van der Waals surface area contributed by atoms with Gasteiger partial charge in [0.05, 0.1) is 10.9 Å². The van der Waals surface area contributed by atoms with Crippen molar-refractivity contribution in [2.24, 2.45) is 0 Å². The lowest BCUT2D eigenvalue weighted by Crippen LogP contribution is -2.36. The summed E-state index contributed by atoms with van der Waals surface area (Å²) in [6, 6.07) is 19.0. The Morgan fingerprint density at radius 3 is 2.70 bits per heavy atom. The van der Waals surface area contributed by atoms with Crippen LogP contribution in [0.2, 0.25) is 0 Å². The molecule has 0 aliphatic carbocycles. The second kappa shape index (κ2) is 4.32. The Morgan fingerprint density at radius 2 is 1.80 bits per heavy atom. The molecule has 4 aromatic rings. The zero-order valence-electron chi connectivity index (χ0n) is 11.3. The number of fused-ring (bicyclic) bond motifs is 4. The summed E-state index contributed by atoms with van der Waals surface area (Å²) in [7, 11) is 1.73. The lowest BCUT2D eigenvalue weighted by atomic mass is 10.1. The van der Waals surface area contributed by atoms with Gasteiger partial charge >= 0.3 is 0 Å². The molecule has 0 atom stereocenters. The first-order chi connectivity index (χ1) is 9.88. The Kier molecular flexibility index (Phi) is 2.47. The molecule has 0 bridgehead atoms. The van der Waals surface area contributed by atoms with Gasteiger partial charge in [0.25, 0.3) is 6.73 Å². The summed E-state index contributed by atoms with van der Waals surface area (Å²) in [5.41, 5.74) is 4.68. The SMILES string of the molecule is COC[n+]1c2ccccc2cc2[nH]c3ccccc3c21. The number of methoxy groups -OCH3 is 1. The zero-order valence-corrected chi connectivity index (χ0v) is 11.3. The summed E-state index contributed by atoms with van der Waals surface area (Å²) in [6.45, 7) is 0.541. The maximum Gasteiger partial charge on any atom is 0.253 e. The molecule has 2 heterocycles. The van der Waals surface area contributed by atoms with Crippen molar-refractivity contribution in [1.29, 1.82) is 0 Å². The van der Waals surface area contributed by atoms with E-state index in [1.165, 1.54) is 21.8 Å². The first kappa shape index (κ1) is 11.4. The van der Waals surface area contributed by atoms with Crippen LogP contribution in [0.25, 0.3) is 32.8 Å². The second-order valence-electron chi connectivity index (χ2n) is 4.98. The van der Waals surface area contributed by atoms with E-state index in [1.807, 2.05) is 0 Å². The number of aromatic nitrogens is 2. The first-order valence-electron chi connectivity index (χ1n) is 6.69. The lowest BCUT2D eigenvalue weighted by molar-refractivity contribution is -0.683. The van der Waals surface area contributed by atoms with E-state index in [0.29, 0.717) is 6.73 Å². The van der Waals surface area contributed by atoms with Crippen molar-refractivity contribution in [1.82, 2.24) is 4.98 Å². The molecule has 0 radical (unpaired) electrons. The van der Waals surface area contributed by atoms with E-state index in [0.717, 1.165) is 11.0 Å². The molecule has 0 aliphatic heterocycles. The molecule has 20 heavy (non-hydrogen) atoms. The van der Waals surface area contributed by atoms with Crippen LogP contribution in [0.3, 0.4) is 0 Å². The second-order valence-corrected chi connectivity index (χ2v) is 4.98. The van der Waals surface area contributed by atoms with Gasteiger partial charge in [-0.2, -0.15) is 4.57 Å². The molecule has 0 saturated heterocycles. The summed E-state index contributed by atoms with van der Waals surface area (Å²) in [6.07, 6.45) is 0. The molecule has 4 rings (SSSR count). The maximum atomic E-state index is 5.41. The van der Waals surface area contributed by atoms with E-state index < -0.39 is 0 Å². The fourth-order valence-corrected chi connectivity index (χ4v) is 2.94. The van der Waals surface area contributed by atoms with E-state index in [1.54, 1.807) is 7.11 Å². The monoisotopic (exact) mass is 263 g/mol. The van der Waals surface area contributed by atoms with Crippen molar-refractivity contribution in [2.75, 3.05) is 7.11 Å². The number of nitrogens with zero attached hydrogens (tertiary/aromatic N) is 1. The third kappa shape index (κ3) is 1.53. The molecule has 98 valence electrons. The fourth-order valence-electron chi connectivity index (χ4n) is 2.94. The number of H-pyrrole nitrogens is 1. The molecule has 2 aromatic heterocycles. The Bertz CT molecular complexity index is 924. The number of rotatable bonds is 2. The van der Waals surface area contributed by atoms with E-state index in [-0.39, 0.29) is 0 Å². The van der Waals surface area contributed by atoms with E-state index in [9.17, 15) is 0 Å². The van der Waals surface area contributed by atoms with Crippen LogP contribution in [0.15, 0.2) is 54.6 Å². The maximum absolute atomic E-state index is 5.41. The number of para-hydroxylation sites is 2. The molecule has 0 fully saturated rings. The molecule has 3 nitrogen and oxygen atoms in total. The standard InChI is InChI=1S/C17H14N2O/c1-20-11-19-16-9-5-2-6-12(16)10-15-17(19)13-7-3-4-8-14(13)18-15/h2-10H,11H2,1H3/p+1. The molecular formula is C17H15N2O+. The molecule has 0 aliphatic rings. The van der Waals surface area contributed by atoms with Crippen LogP contribution in [0, 0.1) is 0 Å². The summed E-state index contributed by atoms with van der Waals surface area (Å²) >= 11 is 0. The Labute approximate surface area is 116 Å². The number of nitrogens with one attached hydrogen (secondary N) is 1. The Morgan fingerprint density at radius 1 is 1.00 bits per heavy atom. The number of aromatic amines is 1. The topological polar surface area (TPSA) is 28.9 Å². The fraction of sp³-hybridized carbons (Fsp3) is 0.118. The predicted octanol–water partition coefficient (Wildman–Crippen LogP) is 3.37. The number of hydrogen-bond acceptors (Lipinski definition) is 1. The summed E-state index contributed by atoms with van der Waals surface area (Å²) < 4.78 is 7.64. The van der Waals surface area contributed by atoms with Gasteiger partial charge in [-0.3, -0.25) is 0 Å². The number of ether oxygens (including phenoxy) is 1. The van der Waals surface area contributed by atoms with Crippen LogP contribution in [0.5, 0.6) is 0 Å². The molecule has 3 heteroatoms. The quantitative estimate of drug-likeness (QED) is 0.552. The van der Waals surface area contributed by atoms with E-state index in [4.69, 9.17) is 4.74 Å². The van der Waals surface area contributed by atoms with Gasteiger partial charge in [-0.05, 0) is 24.3 Å². The molecule has 0 saturated carbocycles. The highest BCUT2D eigenvalue weighted by atomic mass is 16.5. The third-order valence-corrected chi connectivity index (χ3v) is 3.76. The van der Waals surface area contributed by atoms with Gasteiger partial charge in [-0.15, -0.1) is 0 Å². The van der Waals surface area contributed by atoms with E-state index in [2.05, 4.69) is 64.1 Å². The average molecular weight is 263 g/mol. The highest BCUT2D eigenvalue weighted by Gasteiger charge is 2.19. The smallest absolute Gasteiger partial charge is 0.253 e. The van der Waals surface area contributed by atoms with Crippen molar-refractivity contribution in [2.45, 2.75) is 6.73 Å². The normalized spacial score (nSPS) is 11.7. The van der Waals surface area contributed by atoms with Crippen LogP contribution >= 0.6 is 0 Å². The highest BCUT2D eigenvalue weighted by molar-refractivity contribution is 6.05.